The van der Waals surface area contributed by atoms with Crippen molar-refractivity contribution in [3.05, 3.63) is 84.1 Å². The Bertz CT molecular complexity index is 995. The molecule has 166 valence electrons. The molecular weight excluding hydrogens is 398 g/mol. The number of hydrogen-bond acceptors (Lipinski definition) is 5. The van der Waals surface area contributed by atoms with Gasteiger partial charge in [-0.25, -0.2) is 4.98 Å². The molecule has 2 atom stereocenters. The van der Waals surface area contributed by atoms with Crippen molar-refractivity contribution in [1.29, 1.82) is 0 Å². The second kappa shape index (κ2) is 9.72. The molecule has 0 amide bonds. The Morgan fingerprint density at radius 2 is 1.62 bits per heavy atom. The van der Waals surface area contributed by atoms with Crippen LogP contribution in [0.3, 0.4) is 0 Å². The molecule has 2 aromatic carbocycles. The molecule has 5 heteroatoms. The Kier molecular flexibility index (Phi) is 6.37. The van der Waals surface area contributed by atoms with Crippen LogP contribution < -0.4 is 14.8 Å². The molecule has 1 N–H and O–H groups in total. The first-order chi connectivity index (χ1) is 15.7. The SMILES string of the molecule is CN1[C@H]2CC[C@H]1CC(Oc1cccc(CNCc3ccc(Oc4ccccc4)nc3)c1)C2. The number of rotatable bonds is 8. The molecule has 5 nitrogen and oxygen atoms in total. The molecule has 0 unspecified atom stereocenters. The van der Waals surface area contributed by atoms with Crippen molar-refractivity contribution in [3.8, 4) is 17.4 Å². The molecule has 2 aliphatic heterocycles. The zero-order valence-corrected chi connectivity index (χ0v) is 18.6. The summed E-state index contributed by atoms with van der Waals surface area (Å²) in [7, 11) is 2.27. The van der Waals surface area contributed by atoms with E-state index in [2.05, 4.69) is 46.5 Å². The van der Waals surface area contributed by atoms with Gasteiger partial charge in [-0.05, 0) is 68.1 Å². The van der Waals surface area contributed by atoms with Gasteiger partial charge in [-0.2, -0.15) is 0 Å². The van der Waals surface area contributed by atoms with Gasteiger partial charge in [-0.1, -0.05) is 36.4 Å². The number of nitrogens with zero attached hydrogens (tertiary/aromatic N) is 2. The van der Waals surface area contributed by atoms with E-state index in [1.165, 1.54) is 18.4 Å². The van der Waals surface area contributed by atoms with Gasteiger partial charge in [-0.3, -0.25) is 0 Å². The van der Waals surface area contributed by atoms with Gasteiger partial charge in [0.2, 0.25) is 5.88 Å². The van der Waals surface area contributed by atoms with Crippen molar-refractivity contribution in [1.82, 2.24) is 15.2 Å². The maximum absolute atomic E-state index is 6.37. The molecular formula is C27H31N3O2. The number of ether oxygens (including phenoxy) is 2. The maximum Gasteiger partial charge on any atom is 0.219 e. The highest BCUT2D eigenvalue weighted by atomic mass is 16.5. The van der Waals surface area contributed by atoms with Gasteiger partial charge in [0.15, 0.2) is 0 Å². The highest BCUT2D eigenvalue weighted by Crippen LogP contribution is 2.36. The second-order valence-corrected chi connectivity index (χ2v) is 8.93. The van der Waals surface area contributed by atoms with Crippen molar-refractivity contribution in [3.63, 3.8) is 0 Å². The molecule has 5 rings (SSSR count). The maximum atomic E-state index is 6.37. The molecule has 1 aromatic heterocycles. The van der Waals surface area contributed by atoms with Crippen LogP contribution in [0.25, 0.3) is 0 Å². The van der Waals surface area contributed by atoms with E-state index in [-0.39, 0.29) is 0 Å². The fourth-order valence-electron chi connectivity index (χ4n) is 4.92. The Hall–Kier alpha value is -2.89. The van der Waals surface area contributed by atoms with Crippen LogP contribution in [0.2, 0.25) is 0 Å². The van der Waals surface area contributed by atoms with Crippen molar-refractivity contribution in [2.45, 2.75) is 57.0 Å². The van der Waals surface area contributed by atoms with Crippen LogP contribution in [-0.4, -0.2) is 35.1 Å². The van der Waals surface area contributed by atoms with Gasteiger partial charge in [-0.15, -0.1) is 0 Å². The molecule has 3 heterocycles. The number of nitrogens with one attached hydrogen (secondary N) is 1. The summed E-state index contributed by atoms with van der Waals surface area (Å²) >= 11 is 0. The first kappa shape index (κ1) is 21.0. The largest absolute Gasteiger partial charge is 0.490 e. The van der Waals surface area contributed by atoms with Gasteiger partial charge in [0.25, 0.3) is 0 Å². The monoisotopic (exact) mass is 429 g/mol. The summed E-state index contributed by atoms with van der Waals surface area (Å²) < 4.78 is 12.1. The van der Waals surface area contributed by atoms with Gasteiger partial charge < -0.3 is 19.7 Å². The van der Waals surface area contributed by atoms with Gasteiger partial charge in [0.05, 0.1) is 0 Å². The lowest BCUT2D eigenvalue weighted by Crippen LogP contribution is -2.43. The van der Waals surface area contributed by atoms with Crippen LogP contribution in [0.1, 0.15) is 36.8 Å². The average molecular weight is 430 g/mol. The molecule has 2 saturated heterocycles. The molecule has 2 fully saturated rings. The average Bonchev–Trinajstić information content (AvgIpc) is 3.02. The lowest BCUT2D eigenvalue weighted by atomic mass is 10.0. The summed E-state index contributed by atoms with van der Waals surface area (Å²) in [5.74, 6) is 2.38. The Morgan fingerprint density at radius 1 is 0.875 bits per heavy atom. The van der Waals surface area contributed by atoms with E-state index >= 15 is 0 Å². The Labute approximate surface area is 190 Å². The van der Waals surface area contributed by atoms with E-state index in [1.54, 1.807) is 0 Å². The highest BCUT2D eigenvalue weighted by Gasteiger charge is 2.39. The molecule has 32 heavy (non-hydrogen) atoms. The Balaban J connectivity index is 1.10. The van der Waals surface area contributed by atoms with E-state index in [0.717, 1.165) is 43.0 Å². The summed E-state index contributed by atoms with van der Waals surface area (Å²) in [6.45, 7) is 1.54. The molecule has 2 bridgehead atoms. The number of para-hydroxylation sites is 1. The topological polar surface area (TPSA) is 46.6 Å². The second-order valence-electron chi connectivity index (χ2n) is 8.93. The fraction of sp³-hybridized carbons (Fsp3) is 0.370. The van der Waals surface area contributed by atoms with Crippen LogP contribution in [0.4, 0.5) is 0 Å². The van der Waals surface area contributed by atoms with Crippen LogP contribution in [0.5, 0.6) is 17.4 Å². The number of piperidine rings is 1. The molecule has 0 spiro atoms. The van der Waals surface area contributed by atoms with Crippen LogP contribution in [0.15, 0.2) is 72.9 Å². The first-order valence-corrected chi connectivity index (χ1v) is 11.6. The predicted molar refractivity (Wildman–Crippen MR) is 126 cm³/mol. The van der Waals surface area contributed by atoms with Crippen LogP contribution in [0, 0.1) is 0 Å². The zero-order valence-electron chi connectivity index (χ0n) is 18.6. The van der Waals surface area contributed by atoms with Crippen molar-refractivity contribution in [2.24, 2.45) is 0 Å². The molecule has 0 saturated carbocycles. The standard InChI is InChI=1S/C27H31N3O2/c1-30-22-11-12-23(30)16-26(15-22)31-25-9-5-6-20(14-25)17-28-18-21-10-13-27(29-19-21)32-24-7-3-2-4-8-24/h2-10,13-14,19,22-23,26,28H,11-12,15-18H2,1H3/t22-,23-/m0/s1. The summed E-state index contributed by atoms with van der Waals surface area (Å²) in [5, 5.41) is 3.50. The first-order valence-electron chi connectivity index (χ1n) is 11.6. The minimum absolute atomic E-state index is 0.342. The van der Waals surface area contributed by atoms with Gasteiger partial charge >= 0.3 is 0 Å². The molecule has 2 aliphatic rings. The number of benzene rings is 2. The van der Waals surface area contributed by atoms with E-state index < -0.39 is 0 Å². The van der Waals surface area contributed by atoms with Crippen LogP contribution >= 0.6 is 0 Å². The lowest BCUT2D eigenvalue weighted by molar-refractivity contribution is 0.0661. The van der Waals surface area contributed by atoms with E-state index in [9.17, 15) is 0 Å². The number of fused-ring (bicyclic) bond motifs is 2. The van der Waals surface area contributed by atoms with Gasteiger partial charge in [0.1, 0.15) is 17.6 Å². The smallest absolute Gasteiger partial charge is 0.219 e. The molecule has 0 aliphatic carbocycles. The normalized spacial score (nSPS) is 22.6. The number of aromatic nitrogens is 1. The summed E-state index contributed by atoms with van der Waals surface area (Å²) in [4.78, 5) is 6.97. The highest BCUT2D eigenvalue weighted by molar-refractivity contribution is 5.29. The summed E-state index contributed by atoms with van der Waals surface area (Å²) in [5.41, 5.74) is 2.36. The summed E-state index contributed by atoms with van der Waals surface area (Å²) in [6.07, 6.45) is 7.13. The van der Waals surface area contributed by atoms with E-state index in [0.29, 0.717) is 24.1 Å². The van der Waals surface area contributed by atoms with Gasteiger partial charge in [0, 0.05) is 37.4 Å². The minimum atomic E-state index is 0.342. The molecule has 0 radical (unpaired) electrons. The van der Waals surface area contributed by atoms with Crippen molar-refractivity contribution < 1.29 is 9.47 Å². The third-order valence-corrected chi connectivity index (χ3v) is 6.68. The summed E-state index contributed by atoms with van der Waals surface area (Å²) in [6, 6.07) is 23.5. The van der Waals surface area contributed by atoms with E-state index in [1.807, 2.05) is 48.7 Å². The molecule has 3 aromatic rings. The number of pyridine rings is 1. The van der Waals surface area contributed by atoms with Crippen molar-refractivity contribution >= 4 is 0 Å². The third-order valence-electron chi connectivity index (χ3n) is 6.68. The number of hydrogen-bond donors (Lipinski definition) is 1. The minimum Gasteiger partial charge on any atom is -0.490 e. The van der Waals surface area contributed by atoms with Crippen LogP contribution in [-0.2, 0) is 13.1 Å². The fourth-order valence-corrected chi connectivity index (χ4v) is 4.92. The Morgan fingerprint density at radius 3 is 2.38 bits per heavy atom. The third kappa shape index (κ3) is 5.12. The zero-order chi connectivity index (χ0) is 21.8. The lowest BCUT2D eigenvalue weighted by Gasteiger charge is -2.36. The quantitative estimate of drug-likeness (QED) is 0.535. The van der Waals surface area contributed by atoms with E-state index in [4.69, 9.17) is 9.47 Å². The van der Waals surface area contributed by atoms with Crippen molar-refractivity contribution in [2.75, 3.05) is 7.05 Å². The predicted octanol–water partition coefficient (Wildman–Crippen LogP) is 5.17.